The Morgan fingerprint density at radius 2 is 2.06 bits per heavy atom. The van der Waals surface area contributed by atoms with E-state index in [2.05, 4.69) is 15.5 Å². The molecule has 2 rings (SSSR count). The van der Waals surface area contributed by atoms with Gasteiger partial charge in [-0.2, -0.15) is 4.98 Å². The number of nitrogens with zero attached hydrogens (tertiary/aromatic N) is 2. The van der Waals surface area contributed by atoms with E-state index in [1.165, 1.54) is 6.42 Å². The highest BCUT2D eigenvalue weighted by atomic mass is 16.5. The second-order valence-electron chi connectivity index (χ2n) is 4.60. The number of hydrogen-bond donors (Lipinski definition) is 1. The van der Waals surface area contributed by atoms with E-state index in [1.54, 1.807) is 14.2 Å². The fraction of sp³-hybridized carbons (Fsp3) is 0.833. The number of nitrogens with one attached hydrogen (secondary N) is 1. The summed E-state index contributed by atoms with van der Waals surface area (Å²) >= 11 is 0. The second kappa shape index (κ2) is 6.15. The normalized spacial score (nSPS) is 18.8. The molecule has 1 saturated carbocycles. The quantitative estimate of drug-likeness (QED) is 0.783. The minimum absolute atomic E-state index is 0.358. The van der Waals surface area contributed by atoms with Crippen molar-refractivity contribution >= 4 is 6.01 Å². The number of anilines is 1. The average Bonchev–Trinajstić information content (AvgIpc) is 2.89. The zero-order valence-corrected chi connectivity index (χ0v) is 11.1. The summed E-state index contributed by atoms with van der Waals surface area (Å²) < 4.78 is 15.8. The molecule has 0 radical (unpaired) electrons. The molecule has 1 aromatic rings. The van der Waals surface area contributed by atoms with Gasteiger partial charge in [0.05, 0.1) is 6.61 Å². The van der Waals surface area contributed by atoms with Gasteiger partial charge in [-0.25, -0.2) is 0 Å². The molecule has 1 aliphatic rings. The molecule has 0 spiro atoms. The summed E-state index contributed by atoms with van der Waals surface area (Å²) in [5, 5.41) is 7.07. The van der Waals surface area contributed by atoms with Crippen molar-refractivity contribution in [2.24, 2.45) is 0 Å². The van der Waals surface area contributed by atoms with E-state index >= 15 is 0 Å². The van der Waals surface area contributed by atoms with Crippen LogP contribution in [0.25, 0.3) is 0 Å². The molecule has 0 aromatic carbocycles. The van der Waals surface area contributed by atoms with Gasteiger partial charge in [0.15, 0.2) is 0 Å². The van der Waals surface area contributed by atoms with E-state index in [4.69, 9.17) is 14.0 Å². The minimum Gasteiger partial charge on any atom is -0.383 e. The SMILES string of the molecule is COCCNc1nc(C2(OC)CCCCC2)no1. The lowest BCUT2D eigenvalue weighted by molar-refractivity contribution is -0.0527. The van der Waals surface area contributed by atoms with Crippen LogP contribution < -0.4 is 5.32 Å². The van der Waals surface area contributed by atoms with Gasteiger partial charge < -0.3 is 19.3 Å². The lowest BCUT2D eigenvalue weighted by atomic mass is 9.84. The second-order valence-corrected chi connectivity index (χ2v) is 4.60. The monoisotopic (exact) mass is 255 g/mol. The molecular weight excluding hydrogens is 234 g/mol. The molecule has 18 heavy (non-hydrogen) atoms. The first-order valence-corrected chi connectivity index (χ1v) is 6.43. The molecule has 1 N–H and O–H groups in total. The number of aromatic nitrogens is 2. The highest BCUT2D eigenvalue weighted by molar-refractivity contribution is 5.20. The van der Waals surface area contributed by atoms with Crippen LogP contribution in [0.5, 0.6) is 0 Å². The smallest absolute Gasteiger partial charge is 0.321 e. The first-order chi connectivity index (χ1) is 8.80. The van der Waals surface area contributed by atoms with Crippen molar-refractivity contribution in [1.82, 2.24) is 10.1 Å². The van der Waals surface area contributed by atoms with Crippen LogP contribution in [0.2, 0.25) is 0 Å². The highest BCUT2D eigenvalue weighted by Crippen LogP contribution is 2.38. The number of hydrogen-bond acceptors (Lipinski definition) is 6. The summed E-state index contributed by atoms with van der Waals surface area (Å²) in [6, 6.07) is 0.434. The zero-order chi connectivity index (χ0) is 12.8. The molecule has 6 nitrogen and oxygen atoms in total. The van der Waals surface area contributed by atoms with Gasteiger partial charge in [-0.05, 0) is 12.8 Å². The van der Waals surface area contributed by atoms with Gasteiger partial charge in [-0.1, -0.05) is 24.4 Å². The molecule has 1 aromatic heterocycles. The van der Waals surface area contributed by atoms with Crippen LogP contribution in [-0.2, 0) is 15.1 Å². The van der Waals surface area contributed by atoms with Crippen LogP contribution in [0.4, 0.5) is 6.01 Å². The highest BCUT2D eigenvalue weighted by Gasteiger charge is 2.38. The van der Waals surface area contributed by atoms with E-state index in [-0.39, 0.29) is 5.60 Å². The van der Waals surface area contributed by atoms with E-state index in [9.17, 15) is 0 Å². The van der Waals surface area contributed by atoms with Crippen LogP contribution >= 0.6 is 0 Å². The Kier molecular flexibility index (Phi) is 4.54. The predicted molar refractivity (Wildman–Crippen MR) is 66.4 cm³/mol. The largest absolute Gasteiger partial charge is 0.383 e. The van der Waals surface area contributed by atoms with Gasteiger partial charge in [-0.15, -0.1) is 0 Å². The molecule has 0 atom stereocenters. The fourth-order valence-electron chi connectivity index (χ4n) is 2.38. The Hall–Kier alpha value is -1.14. The third-order valence-electron chi connectivity index (χ3n) is 3.47. The third kappa shape index (κ3) is 2.81. The van der Waals surface area contributed by atoms with Crippen LogP contribution in [-0.4, -0.2) is 37.5 Å². The lowest BCUT2D eigenvalue weighted by Crippen LogP contribution is -2.32. The topological polar surface area (TPSA) is 69.4 Å². The first kappa shape index (κ1) is 13.3. The summed E-state index contributed by atoms with van der Waals surface area (Å²) in [6.07, 6.45) is 5.46. The summed E-state index contributed by atoms with van der Waals surface area (Å²) in [6.45, 7) is 1.26. The van der Waals surface area contributed by atoms with Gasteiger partial charge >= 0.3 is 6.01 Å². The molecule has 1 aliphatic carbocycles. The van der Waals surface area contributed by atoms with Crippen molar-refractivity contribution < 1.29 is 14.0 Å². The van der Waals surface area contributed by atoms with Gasteiger partial charge in [0.2, 0.25) is 5.82 Å². The van der Waals surface area contributed by atoms with Crippen molar-refractivity contribution in [3.05, 3.63) is 5.82 Å². The standard InChI is InChI=1S/C12H21N3O3/c1-16-9-8-13-11-14-10(15-18-11)12(17-2)6-4-3-5-7-12/h3-9H2,1-2H3,(H,13,14,15). The maximum absolute atomic E-state index is 5.67. The molecule has 6 heteroatoms. The third-order valence-corrected chi connectivity index (χ3v) is 3.47. The summed E-state index contributed by atoms with van der Waals surface area (Å²) in [5.41, 5.74) is -0.358. The van der Waals surface area contributed by atoms with E-state index in [0.29, 0.717) is 25.0 Å². The van der Waals surface area contributed by atoms with E-state index in [0.717, 1.165) is 25.7 Å². The number of ether oxygens (including phenoxy) is 2. The van der Waals surface area contributed by atoms with E-state index in [1.807, 2.05) is 0 Å². The molecule has 1 heterocycles. The van der Waals surface area contributed by atoms with Crippen molar-refractivity contribution in [2.75, 3.05) is 32.7 Å². The van der Waals surface area contributed by atoms with Gasteiger partial charge in [0.1, 0.15) is 5.60 Å². The van der Waals surface area contributed by atoms with Crippen LogP contribution in [0.1, 0.15) is 37.9 Å². The average molecular weight is 255 g/mol. The van der Waals surface area contributed by atoms with Crippen LogP contribution in [0, 0.1) is 0 Å². The Bertz CT molecular complexity index is 361. The van der Waals surface area contributed by atoms with E-state index < -0.39 is 0 Å². The predicted octanol–water partition coefficient (Wildman–Crippen LogP) is 1.93. The Morgan fingerprint density at radius 1 is 1.28 bits per heavy atom. The molecular formula is C12H21N3O3. The summed E-state index contributed by atoms with van der Waals surface area (Å²) in [4.78, 5) is 4.38. The molecule has 0 amide bonds. The van der Waals surface area contributed by atoms with Crippen molar-refractivity contribution in [3.63, 3.8) is 0 Å². The Morgan fingerprint density at radius 3 is 2.72 bits per heavy atom. The molecule has 0 aliphatic heterocycles. The van der Waals surface area contributed by atoms with Crippen molar-refractivity contribution in [1.29, 1.82) is 0 Å². The van der Waals surface area contributed by atoms with Crippen molar-refractivity contribution in [3.8, 4) is 0 Å². The molecule has 0 bridgehead atoms. The van der Waals surface area contributed by atoms with Crippen molar-refractivity contribution in [2.45, 2.75) is 37.7 Å². The lowest BCUT2D eigenvalue weighted by Gasteiger charge is -2.32. The molecule has 0 unspecified atom stereocenters. The van der Waals surface area contributed by atoms with Gasteiger partial charge in [0.25, 0.3) is 0 Å². The van der Waals surface area contributed by atoms with Crippen LogP contribution in [0.15, 0.2) is 4.52 Å². The molecule has 0 saturated heterocycles. The molecule has 102 valence electrons. The summed E-state index contributed by atoms with van der Waals surface area (Å²) in [7, 11) is 3.38. The summed E-state index contributed by atoms with van der Waals surface area (Å²) in [5.74, 6) is 0.657. The number of methoxy groups -OCH3 is 2. The first-order valence-electron chi connectivity index (χ1n) is 6.43. The maximum Gasteiger partial charge on any atom is 0.321 e. The zero-order valence-electron chi connectivity index (χ0n) is 11.1. The van der Waals surface area contributed by atoms with Gasteiger partial charge in [0, 0.05) is 20.8 Å². The van der Waals surface area contributed by atoms with Gasteiger partial charge in [-0.3, -0.25) is 0 Å². The molecule has 1 fully saturated rings. The fourth-order valence-corrected chi connectivity index (χ4v) is 2.38. The Labute approximate surface area is 107 Å². The minimum atomic E-state index is -0.358. The number of rotatable bonds is 6. The Balaban J connectivity index is 2.02. The van der Waals surface area contributed by atoms with Crippen LogP contribution in [0.3, 0.4) is 0 Å². The maximum atomic E-state index is 5.67.